The Labute approximate surface area is 193 Å². The second-order valence-corrected chi connectivity index (χ2v) is 9.01. The van der Waals surface area contributed by atoms with E-state index in [2.05, 4.69) is 19.1 Å². The van der Waals surface area contributed by atoms with Crippen molar-refractivity contribution < 1.29 is 20.5 Å². The minimum Gasteiger partial charge on any atom is -0.412 e. The molecule has 31 heavy (non-hydrogen) atoms. The summed E-state index contributed by atoms with van der Waals surface area (Å²) in [6, 6.07) is 0. The van der Waals surface area contributed by atoms with Gasteiger partial charge in [-0.1, -0.05) is 109 Å². The highest BCUT2D eigenvalue weighted by Gasteiger charge is 2.05. The number of hydrogen-bond acceptors (Lipinski definition) is 3. The predicted molar refractivity (Wildman–Crippen MR) is 133 cm³/mol. The van der Waals surface area contributed by atoms with Crippen LogP contribution in [0.2, 0.25) is 0 Å². The molecule has 4 nitrogen and oxygen atoms in total. The molecular weight excluding hydrogens is 388 g/mol. The van der Waals surface area contributed by atoms with Gasteiger partial charge in [0.25, 0.3) is 0 Å². The lowest BCUT2D eigenvalue weighted by atomic mass is 10.0. The summed E-state index contributed by atoms with van der Waals surface area (Å²) in [4.78, 5) is 11.5. The molecule has 0 aliphatic heterocycles. The van der Waals surface area contributed by atoms with Gasteiger partial charge < -0.3 is 15.7 Å². The van der Waals surface area contributed by atoms with E-state index < -0.39 is 6.29 Å². The standard InChI is InChI=1S/C27H52O3.H2O/c1-2-3-4-5-6-7-8-9-10-11-12-13-14-15-16-17-18-19-20-21-22-23-26(28)24-25-27(29)30;/h9-10,27,29-30H,2-8,11-25H2,1H3;1H2/b10-9-;. The molecule has 4 N–H and O–H groups in total. The second kappa shape index (κ2) is 27.3. The summed E-state index contributed by atoms with van der Waals surface area (Å²) in [6.07, 6.45) is 29.5. The minimum absolute atomic E-state index is 0. The molecule has 0 aliphatic carbocycles. The number of unbranched alkanes of at least 4 members (excludes halogenated alkanes) is 17. The summed E-state index contributed by atoms with van der Waals surface area (Å²) >= 11 is 0. The predicted octanol–water partition coefficient (Wildman–Crippen LogP) is 7.20. The fraction of sp³-hybridized carbons (Fsp3) is 0.889. The Bertz CT molecular complexity index is 379. The Balaban J connectivity index is 0. The zero-order valence-corrected chi connectivity index (χ0v) is 20.6. The van der Waals surface area contributed by atoms with Crippen LogP contribution in [0.25, 0.3) is 0 Å². The van der Waals surface area contributed by atoms with Crippen LogP contribution in [0.3, 0.4) is 0 Å². The van der Waals surface area contributed by atoms with Crippen LogP contribution in [-0.2, 0) is 4.79 Å². The average molecular weight is 443 g/mol. The Hall–Kier alpha value is -0.710. The van der Waals surface area contributed by atoms with Gasteiger partial charge in [-0.05, 0) is 32.1 Å². The Morgan fingerprint density at radius 1 is 0.613 bits per heavy atom. The van der Waals surface area contributed by atoms with Crippen molar-refractivity contribution in [2.24, 2.45) is 0 Å². The largest absolute Gasteiger partial charge is 0.412 e. The molecule has 4 heteroatoms. The molecule has 0 saturated heterocycles. The number of Topliss-reactive ketones (excluding diaryl/α,β-unsaturated/α-hetero) is 1. The Kier molecular flexibility index (Phi) is 28.6. The Morgan fingerprint density at radius 2 is 1.00 bits per heavy atom. The molecule has 186 valence electrons. The quantitative estimate of drug-likeness (QED) is 0.0940. The van der Waals surface area contributed by atoms with Gasteiger partial charge in [-0.15, -0.1) is 0 Å². The number of rotatable bonds is 24. The van der Waals surface area contributed by atoms with Gasteiger partial charge in [0.2, 0.25) is 0 Å². The van der Waals surface area contributed by atoms with Crippen LogP contribution in [-0.4, -0.2) is 27.8 Å². The van der Waals surface area contributed by atoms with E-state index in [1.54, 1.807) is 0 Å². The van der Waals surface area contributed by atoms with E-state index in [0.29, 0.717) is 12.8 Å². The molecule has 0 amide bonds. The lowest BCUT2D eigenvalue weighted by Crippen LogP contribution is -2.08. The van der Waals surface area contributed by atoms with Gasteiger partial charge in [0.05, 0.1) is 0 Å². The van der Waals surface area contributed by atoms with Crippen LogP contribution in [0.15, 0.2) is 12.2 Å². The fourth-order valence-electron chi connectivity index (χ4n) is 3.87. The van der Waals surface area contributed by atoms with E-state index in [4.69, 9.17) is 10.2 Å². The normalized spacial score (nSPS) is 11.4. The van der Waals surface area contributed by atoms with Crippen LogP contribution >= 0.6 is 0 Å². The molecule has 0 spiro atoms. The van der Waals surface area contributed by atoms with Crippen molar-refractivity contribution in [3.05, 3.63) is 12.2 Å². The van der Waals surface area contributed by atoms with Crippen LogP contribution in [0.4, 0.5) is 0 Å². The van der Waals surface area contributed by atoms with Gasteiger partial charge in [-0.2, -0.15) is 0 Å². The van der Waals surface area contributed by atoms with Crippen LogP contribution < -0.4 is 0 Å². The molecule has 0 aromatic heterocycles. The molecule has 0 bridgehead atoms. The Morgan fingerprint density at radius 3 is 1.42 bits per heavy atom. The van der Waals surface area contributed by atoms with Crippen molar-refractivity contribution in [2.75, 3.05) is 0 Å². The molecule has 0 rings (SSSR count). The third kappa shape index (κ3) is 29.3. The summed E-state index contributed by atoms with van der Waals surface area (Å²) in [5, 5.41) is 17.5. The molecule has 0 unspecified atom stereocenters. The monoisotopic (exact) mass is 442 g/mol. The molecular formula is C27H54O4. The summed E-state index contributed by atoms with van der Waals surface area (Å²) < 4.78 is 0. The number of carbonyl (C=O) groups excluding carboxylic acids is 1. The summed E-state index contributed by atoms with van der Waals surface area (Å²) in [7, 11) is 0. The van der Waals surface area contributed by atoms with E-state index in [1.807, 2.05) is 0 Å². The van der Waals surface area contributed by atoms with Gasteiger partial charge in [0, 0.05) is 19.3 Å². The first-order valence-electron chi connectivity index (χ1n) is 13.2. The fourth-order valence-corrected chi connectivity index (χ4v) is 3.87. The lowest BCUT2D eigenvalue weighted by molar-refractivity contribution is -0.121. The maximum absolute atomic E-state index is 11.5. The molecule has 0 heterocycles. The van der Waals surface area contributed by atoms with E-state index in [0.717, 1.165) is 12.8 Å². The maximum Gasteiger partial charge on any atom is 0.151 e. The third-order valence-electron chi connectivity index (χ3n) is 5.90. The lowest BCUT2D eigenvalue weighted by Gasteiger charge is -2.04. The number of hydrogen-bond donors (Lipinski definition) is 2. The summed E-state index contributed by atoms with van der Waals surface area (Å²) in [5.41, 5.74) is 0. The van der Waals surface area contributed by atoms with Crippen molar-refractivity contribution in [1.29, 1.82) is 0 Å². The summed E-state index contributed by atoms with van der Waals surface area (Å²) in [5.74, 6) is 0.163. The van der Waals surface area contributed by atoms with E-state index >= 15 is 0 Å². The maximum atomic E-state index is 11.5. The molecule has 0 atom stereocenters. The van der Waals surface area contributed by atoms with Gasteiger partial charge in [-0.25, -0.2) is 0 Å². The van der Waals surface area contributed by atoms with Crippen molar-refractivity contribution in [3.63, 3.8) is 0 Å². The number of allylic oxidation sites excluding steroid dienone is 2. The second-order valence-electron chi connectivity index (χ2n) is 9.01. The van der Waals surface area contributed by atoms with E-state index in [1.165, 1.54) is 109 Å². The number of ketones is 1. The zero-order valence-electron chi connectivity index (χ0n) is 20.6. The average Bonchev–Trinajstić information content (AvgIpc) is 2.73. The van der Waals surface area contributed by atoms with Crippen molar-refractivity contribution in [2.45, 2.75) is 154 Å². The number of aliphatic hydroxyl groups is 2. The highest BCUT2D eigenvalue weighted by atomic mass is 16.5. The zero-order chi connectivity index (χ0) is 22.1. The first-order chi connectivity index (χ1) is 14.7. The van der Waals surface area contributed by atoms with Crippen LogP contribution in [0, 0.1) is 0 Å². The smallest absolute Gasteiger partial charge is 0.151 e. The molecule has 0 radical (unpaired) electrons. The molecule has 0 saturated carbocycles. The van der Waals surface area contributed by atoms with Crippen LogP contribution in [0.5, 0.6) is 0 Å². The van der Waals surface area contributed by atoms with Crippen LogP contribution in [0.1, 0.15) is 148 Å². The minimum atomic E-state index is -1.34. The van der Waals surface area contributed by atoms with Gasteiger partial charge in [-0.3, -0.25) is 4.79 Å². The first-order valence-corrected chi connectivity index (χ1v) is 13.2. The van der Waals surface area contributed by atoms with Crippen molar-refractivity contribution in [1.82, 2.24) is 0 Å². The van der Waals surface area contributed by atoms with E-state index in [9.17, 15) is 4.79 Å². The third-order valence-corrected chi connectivity index (χ3v) is 5.90. The topological polar surface area (TPSA) is 89.0 Å². The highest BCUT2D eigenvalue weighted by Crippen LogP contribution is 2.13. The molecule has 0 aliphatic rings. The van der Waals surface area contributed by atoms with Crippen molar-refractivity contribution >= 4 is 5.78 Å². The molecule has 0 aromatic carbocycles. The van der Waals surface area contributed by atoms with Gasteiger partial charge >= 0.3 is 0 Å². The SMILES string of the molecule is CCCCCCCC/C=C\CCCCCCCCCCCCCC(=O)CCC(O)O.O. The van der Waals surface area contributed by atoms with Gasteiger partial charge in [0.15, 0.2) is 6.29 Å². The van der Waals surface area contributed by atoms with E-state index in [-0.39, 0.29) is 17.7 Å². The first kappa shape index (κ1) is 32.5. The number of carbonyl (C=O) groups is 1. The summed E-state index contributed by atoms with van der Waals surface area (Å²) in [6.45, 7) is 2.27. The van der Waals surface area contributed by atoms with Gasteiger partial charge in [0.1, 0.15) is 5.78 Å². The molecule has 0 aromatic rings. The van der Waals surface area contributed by atoms with Crippen molar-refractivity contribution in [3.8, 4) is 0 Å². The molecule has 0 fully saturated rings. The highest BCUT2D eigenvalue weighted by molar-refractivity contribution is 5.78. The number of aliphatic hydroxyl groups excluding tert-OH is 1.